The predicted molar refractivity (Wildman–Crippen MR) is 84.2 cm³/mol. The van der Waals surface area contributed by atoms with Crippen LogP contribution >= 0.6 is 34.2 Å². The van der Waals surface area contributed by atoms with E-state index in [0.29, 0.717) is 16.5 Å². The number of hydrogen-bond acceptors (Lipinski definition) is 2. The quantitative estimate of drug-likeness (QED) is 0.487. The molecule has 1 heterocycles. The molecule has 1 aromatic carbocycles. The van der Waals surface area contributed by atoms with Gasteiger partial charge >= 0.3 is 6.18 Å². The van der Waals surface area contributed by atoms with E-state index in [9.17, 15) is 13.2 Å². The predicted octanol–water partition coefficient (Wildman–Crippen LogP) is 5.37. The zero-order valence-electron chi connectivity index (χ0n) is 11.0. The molecule has 112 valence electrons. The molecule has 21 heavy (non-hydrogen) atoms. The maximum atomic E-state index is 12.6. The minimum absolute atomic E-state index is 0.323. The molecule has 2 nitrogen and oxygen atoms in total. The molecule has 2 aromatic rings. The van der Waals surface area contributed by atoms with Crippen LogP contribution in [0.2, 0.25) is 5.15 Å². The highest BCUT2D eigenvalue weighted by Gasteiger charge is 2.30. The summed E-state index contributed by atoms with van der Waals surface area (Å²) in [6, 6.07) is 4.75. The molecule has 0 atom stereocenters. The average molecular weight is 427 g/mol. The zero-order valence-corrected chi connectivity index (χ0v) is 13.9. The van der Waals surface area contributed by atoms with Crippen LogP contribution in [0.25, 0.3) is 11.4 Å². The summed E-state index contributed by atoms with van der Waals surface area (Å²) in [6.45, 7) is 2.02. The van der Waals surface area contributed by atoms with Gasteiger partial charge in [0.2, 0.25) is 0 Å². The number of nitrogens with zero attached hydrogens (tertiary/aromatic N) is 2. The van der Waals surface area contributed by atoms with Crippen molar-refractivity contribution >= 4 is 34.2 Å². The highest BCUT2D eigenvalue weighted by molar-refractivity contribution is 14.1. The lowest BCUT2D eigenvalue weighted by atomic mass is 10.1. The molecule has 0 saturated carbocycles. The maximum absolute atomic E-state index is 12.6. The van der Waals surface area contributed by atoms with Crippen LogP contribution in [-0.4, -0.2) is 9.97 Å². The van der Waals surface area contributed by atoms with Crippen LogP contribution in [0.5, 0.6) is 0 Å². The van der Waals surface area contributed by atoms with Gasteiger partial charge in [-0.05, 0) is 41.1 Å². The summed E-state index contributed by atoms with van der Waals surface area (Å²) in [5, 5.41) is 0.323. The van der Waals surface area contributed by atoms with Crippen LogP contribution in [0.15, 0.2) is 24.3 Å². The first-order chi connectivity index (χ1) is 9.82. The third-order valence-electron chi connectivity index (χ3n) is 2.84. The Morgan fingerprint density at radius 3 is 2.29 bits per heavy atom. The minimum atomic E-state index is -4.35. The molecular weight excluding hydrogens is 416 g/mol. The van der Waals surface area contributed by atoms with E-state index in [1.165, 1.54) is 12.1 Å². The molecular formula is C14H11ClF3IN2. The summed E-state index contributed by atoms with van der Waals surface area (Å²) in [5.74, 6) is 0.345. The van der Waals surface area contributed by atoms with Gasteiger partial charge in [-0.25, -0.2) is 9.97 Å². The Hall–Kier alpha value is -0.890. The molecule has 0 N–H and O–H groups in total. The van der Waals surface area contributed by atoms with E-state index in [0.717, 1.165) is 34.2 Å². The Kier molecular flexibility index (Phi) is 5.08. The fourth-order valence-electron chi connectivity index (χ4n) is 1.80. The molecule has 0 aliphatic heterocycles. The summed E-state index contributed by atoms with van der Waals surface area (Å²) < 4.78 is 38.4. The van der Waals surface area contributed by atoms with Crippen molar-refractivity contribution in [3.05, 3.63) is 44.2 Å². The number of rotatable bonds is 3. The van der Waals surface area contributed by atoms with E-state index >= 15 is 0 Å². The lowest BCUT2D eigenvalue weighted by molar-refractivity contribution is -0.137. The fourth-order valence-corrected chi connectivity index (χ4v) is 2.50. The van der Waals surface area contributed by atoms with E-state index in [-0.39, 0.29) is 0 Å². The summed E-state index contributed by atoms with van der Waals surface area (Å²) in [5.41, 5.74) is 0.628. The first-order valence-corrected chi connectivity index (χ1v) is 7.68. The highest BCUT2D eigenvalue weighted by Crippen LogP contribution is 2.31. The van der Waals surface area contributed by atoms with Crippen LogP contribution in [0, 0.1) is 3.57 Å². The summed E-state index contributed by atoms with van der Waals surface area (Å²) in [7, 11) is 0. The third kappa shape index (κ3) is 3.85. The normalized spacial score (nSPS) is 11.7. The molecule has 0 bridgehead atoms. The molecule has 0 saturated heterocycles. The first kappa shape index (κ1) is 16.5. The third-order valence-corrected chi connectivity index (χ3v) is 4.56. The van der Waals surface area contributed by atoms with E-state index in [2.05, 4.69) is 32.6 Å². The van der Waals surface area contributed by atoms with Crippen LogP contribution in [0.3, 0.4) is 0 Å². The minimum Gasteiger partial charge on any atom is -0.232 e. The van der Waals surface area contributed by atoms with E-state index < -0.39 is 11.7 Å². The van der Waals surface area contributed by atoms with Crippen LogP contribution in [0.1, 0.15) is 24.6 Å². The van der Waals surface area contributed by atoms with Gasteiger partial charge in [0.25, 0.3) is 0 Å². The smallest absolute Gasteiger partial charge is 0.232 e. The summed E-state index contributed by atoms with van der Waals surface area (Å²) >= 11 is 8.14. The van der Waals surface area contributed by atoms with Crippen molar-refractivity contribution in [2.75, 3.05) is 0 Å². The molecule has 1 aromatic heterocycles. The topological polar surface area (TPSA) is 25.8 Å². The molecule has 0 aliphatic rings. The monoisotopic (exact) mass is 426 g/mol. The molecule has 0 fully saturated rings. The maximum Gasteiger partial charge on any atom is 0.416 e. The Balaban J connectivity index is 2.42. The van der Waals surface area contributed by atoms with Gasteiger partial charge in [0.05, 0.1) is 14.8 Å². The van der Waals surface area contributed by atoms with Crippen molar-refractivity contribution in [3.63, 3.8) is 0 Å². The van der Waals surface area contributed by atoms with Gasteiger partial charge in [0.1, 0.15) is 5.15 Å². The molecule has 0 unspecified atom stereocenters. The van der Waals surface area contributed by atoms with E-state index in [4.69, 9.17) is 11.6 Å². The Labute approximate surface area is 138 Å². The number of halogens is 5. The Bertz CT molecular complexity index is 642. The van der Waals surface area contributed by atoms with Gasteiger partial charge < -0.3 is 0 Å². The van der Waals surface area contributed by atoms with Crippen molar-refractivity contribution in [1.82, 2.24) is 9.97 Å². The van der Waals surface area contributed by atoms with Crippen molar-refractivity contribution in [2.45, 2.75) is 25.9 Å². The Morgan fingerprint density at radius 2 is 1.76 bits per heavy atom. The van der Waals surface area contributed by atoms with Gasteiger partial charge in [-0.1, -0.05) is 37.1 Å². The van der Waals surface area contributed by atoms with E-state index in [1.54, 1.807) is 0 Å². The second-order valence-corrected chi connectivity index (χ2v) is 5.86. The number of hydrogen-bond donors (Lipinski definition) is 0. The van der Waals surface area contributed by atoms with Crippen LogP contribution in [0.4, 0.5) is 13.2 Å². The summed E-state index contributed by atoms with van der Waals surface area (Å²) in [4.78, 5) is 8.54. The SMILES string of the molecule is CCCc1nc(-c2ccc(C(F)(F)F)cc2)nc(Cl)c1I. The fraction of sp³-hybridized carbons (Fsp3) is 0.286. The van der Waals surface area contributed by atoms with Gasteiger partial charge in [-0.3, -0.25) is 0 Å². The zero-order chi connectivity index (χ0) is 15.6. The first-order valence-electron chi connectivity index (χ1n) is 6.22. The number of aryl methyl sites for hydroxylation is 1. The molecule has 2 rings (SSSR count). The van der Waals surface area contributed by atoms with Gasteiger partial charge in [0.15, 0.2) is 5.82 Å². The molecule has 0 spiro atoms. The van der Waals surface area contributed by atoms with Crippen molar-refractivity contribution < 1.29 is 13.2 Å². The van der Waals surface area contributed by atoms with Gasteiger partial charge in [0, 0.05) is 5.56 Å². The lowest BCUT2D eigenvalue weighted by Gasteiger charge is -2.09. The van der Waals surface area contributed by atoms with Gasteiger partial charge in [-0.2, -0.15) is 13.2 Å². The lowest BCUT2D eigenvalue weighted by Crippen LogP contribution is -2.05. The molecule has 7 heteroatoms. The standard InChI is InChI=1S/C14H11ClF3IN2/c1-2-3-10-11(19)12(15)21-13(20-10)8-4-6-9(7-5-8)14(16,17)18/h4-7H,2-3H2,1H3. The van der Waals surface area contributed by atoms with Crippen LogP contribution in [-0.2, 0) is 12.6 Å². The van der Waals surface area contributed by atoms with Crippen molar-refractivity contribution in [2.24, 2.45) is 0 Å². The number of benzene rings is 1. The second-order valence-electron chi connectivity index (χ2n) is 4.42. The molecule has 0 radical (unpaired) electrons. The van der Waals surface area contributed by atoms with E-state index in [1.807, 2.05) is 6.92 Å². The number of alkyl halides is 3. The van der Waals surface area contributed by atoms with Crippen molar-refractivity contribution in [1.29, 1.82) is 0 Å². The largest absolute Gasteiger partial charge is 0.416 e. The van der Waals surface area contributed by atoms with Crippen molar-refractivity contribution in [3.8, 4) is 11.4 Å². The number of aromatic nitrogens is 2. The van der Waals surface area contributed by atoms with Gasteiger partial charge in [-0.15, -0.1) is 0 Å². The molecule has 0 aliphatic carbocycles. The average Bonchev–Trinajstić information content (AvgIpc) is 2.43. The Morgan fingerprint density at radius 1 is 1.14 bits per heavy atom. The highest BCUT2D eigenvalue weighted by atomic mass is 127. The summed E-state index contributed by atoms with van der Waals surface area (Å²) in [6.07, 6.45) is -2.71. The van der Waals surface area contributed by atoms with Crippen LogP contribution < -0.4 is 0 Å². The molecule has 0 amide bonds. The second kappa shape index (κ2) is 6.48.